The van der Waals surface area contributed by atoms with Crippen LogP contribution in [0, 0.1) is 0 Å². The van der Waals surface area contributed by atoms with Gasteiger partial charge in [0.2, 0.25) is 0 Å². The smallest absolute Gasteiger partial charge is 0.194 e. The Labute approximate surface area is 124 Å². The van der Waals surface area contributed by atoms with E-state index in [-0.39, 0.29) is 0 Å². The third-order valence-corrected chi connectivity index (χ3v) is 2.72. The summed E-state index contributed by atoms with van der Waals surface area (Å²) in [5.74, 6) is 1.38. The summed E-state index contributed by atoms with van der Waals surface area (Å²) in [6.45, 7) is 5.71. The number of hydrogen-bond donors (Lipinski definition) is 2. The molecular weight excluding hydrogens is 252 g/mol. The molecule has 0 fully saturated rings. The van der Waals surface area contributed by atoms with Crippen molar-refractivity contribution in [1.29, 1.82) is 0 Å². The van der Waals surface area contributed by atoms with Gasteiger partial charge in [-0.2, -0.15) is 0 Å². The minimum absolute atomic E-state index is 0.469. The fourth-order valence-electron chi connectivity index (χ4n) is 1.61. The number of nitrogens with two attached hydrogens (primary N) is 1. The van der Waals surface area contributed by atoms with Crippen molar-refractivity contribution in [3.63, 3.8) is 0 Å². The molecule has 0 aromatic heterocycles. The first kappa shape index (κ1) is 18.9. The fourth-order valence-corrected chi connectivity index (χ4v) is 1.61. The summed E-state index contributed by atoms with van der Waals surface area (Å²) in [6.07, 6.45) is 2.91. The summed E-state index contributed by atoms with van der Waals surface area (Å²) < 4.78 is 0. The summed E-state index contributed by atoms with van der Waals surface area (Å²) in [5, 5.41) is 3.09. The van der Waals surface area contributed by atoms with Gasteiger partial charge in [-0.15, -0.1) is 0 Å². The molecule has 0 unspecified atom stereocenters. The molecule has 0 aliphatic heterocycles. The van der Waals surface area contributed by atoms with Crippen molar-refractivity contribution < 1.29 is 0 Å². The first-order valence-electron chi connectivity index (χ1n) is 7.35. The van der Waals surface area contributed by atoms with Gasteiger partial charge >= 0.3 is 0 Å². The van der Waals surface area contributed by atoms with Crippen molar-refractivity contribution >= 4 is 11.8 Å². The van der Waals surface area contributed by atoms with Gasteiger partial charge in [0.1, 0.15) is 5.84 Å². The minimum atomic E-state index is 0.469. The number of rotatable bonds is 9. The molecule has 0 bridgehead atoms. The lowest BCUT2D eigenvalue weighted by atomic mass is 10.4. The quantitative estimate of drug-likeness (QED) is 0.370. The first-order valence-corrected chi connectivity index (χ1v) is 7.35. The van der Waals surface area contributed by atoms with E-state index in [2.05, 4.69) is 60.2 Å². The molecule has 20 heavy (non-hydrogen) atoms. The monoisotopic (exact) mass is 284 g/mol. The summed E-state index contributed by atoms with van der Waals surface area (Å²) in [6, 6.07) is 0. The van der Waals surface area contributed by atoms with Gasteiger partial charge in [0, 0.05) is 19.5 Å². The molecule has 0 saturated heterocycles. The highest BCUT2D eigenvalue weighted by Crippen LogP contribution is 1.89. The minimum Gasteiger partial charge on any atom is -0.370 e. The van der Waals surface area contributed by atoms with E-state index < -0.39 is 0 Å². The largest absolute Gasteiger partial charge is 0.370 e. The Morgan fingerprint density at radius 2 is 1.45 bits per heavy atom. The Balaban J connectivity index is 4.00. The second-order valence-corrected chi connectivity index (χ2v) is 5.39. The number of hydrogen-bond acceptors (Lipinski definition) is 4. The topological polar surface area (TPSA) is 69.2 Å². The molecule has 0 aromatic rings. The van der Waals surface area contributed by atoms with Crippen LogP contribution in [-0.4, -0.2) is 76.0 Å². The molecule has 0 spiro atoms. The maximum Gasteiger partial charge on any atom is 0.194 e. The van der Waals surface area contributed by atoms with Crippen LogP contribution >= 0.6 is 0 Å². The zero-order valence-corrected chi connectivity index (χ0v) is 13.8. The first-order chi connectivity index (χ1) is 9.45. The van der Waals surface area contributed by atoms with Crippen LogP contribution in [0.2, 0.25) is 0 Å². The van der Waals surface area contributed by atoms with E-state index in [0.717, 1.165) is 51.3 Å². The Bertz CT molecular complexity index is 296. The van der Waals surface area contributed by atoms with Crippen LogP contribution in [0.3, 0.4) is 0 Å². The van der Waals surface area contributed by atoms with Crippen LogP contribution in [0.15, 0.2) is 9.98 Å². The Morgan fingerprint density at radius 1 is 0.950 bits per heavy atom. The predicted molar refractivity (Wildman–Crippen MR) is 88.6 cm³/mol. The van der Waals surface area contributed by atoms with Gasteiger partial charge in [0.15, 0.2) is 5.96 Å². The second kappa shape index (κ2) is 11.7. The number of nitrogens with one attached hydrogen (secondary N) is 1. The van der Waals surface area contributed by atoms with Gasteiger partial charge in [-0.05, 0) is 54.1 Å². The van der Waals surface area contributed by atoms with Gasteiger partial charge in [0.25, 0.3) is 0 Å². The van der Waals surface area contributed by atoms with Crippen molar-refractivity contribution in [3.05, 3.63) is 0 Å². The molecule has 0 amide bonds. The molecular formula is C14H32N6. The van der Waals surface area contributed by atoms with E-state index in [9.17, 15) is 0 Å². The highest BCUT2D eigenvalue weighted by atomic mass is 15.1. The van der Waals surface area contributed by atoms with Crippen LogP contribution in [0.1, 0.15) is 26.2 Å². The number of amidine groups is 1. The van der Waals surface area contributed by atoms with Crippen molar-refractivity contribution in [3.8, 4) is 0 Å². The van der Waals surface area contributed by atoms with E-state index in [0.29, 0.717) is 5.96 Å². The van der Waals surface area contributed by atoms with Crippen LogP contribution in [0.25, 0.3) is 0 Å². The third-order valence-electron chi connectivity index (χ3n) is 2.72. The Morgan fingerprint density at radius 3 is 1.90 bits per heavy atom. The molecule has 0 aromatic carbocycles. The third kappa shape index (κ3) is 11.9. The maximum absolute atomic E-state index is 5.86. The van der Waals surface area contributed by atoms with Gasteiger partial charge in [-0.1, -0.05) is 6.92 Å². The van der Waals surface area contributed by atoms with E-state index in [1.54, 1.807) is 0 Å². The normalized spacial score (nSPS) is 13.3. The molecule has 0 heterocycles. The average Bonchev–Trinajstić information content (AvgIpc) is 2.37. The molecule has 3 N–H and O–H groups in total. The van der Waals surface area contributed by atoms with Gasteiger partial charge in [-0.3, -0.25) is 9.98 Å². The van der Waals surface area contributed by atoms with E-state index in [1.165, 1.54) is 0 Å². The van der Waals surface area contributed by atoms with Crippen molar-refractivity contribution in [2.24, 2.45) is 15.7 Å². The van der Waals surface area contributed by atoms with Crippen molar-refractivity contribution in [2.45, 2.75) is 26.2 Å². The zero-order valence-electron chi connectivity index (χ0n) is 13.8. The molecule has 0 rings (SSSR count). The number of aliphatic imine (C=N–C) groups is 2. The molecule has 0 atom stereocenters. The average molecular weight is 284 g/mol. The van der Waals surface area contributed by atoms with Crippen LogP contribution in [0.5, 0.6) is 0 Å². The second-order valence-electron chi connectivity index (χ2n) is 5.39. The standard InChI is InChI=1S/C14H32N6/c1-6-13(16-9-7-11-19(2)3)18-14(15)17-10-8-12-20(4)5/h6-12H2,1-5H3,(H3,15,16,17,18). The lowest BCUT2D eigenvalue weighted by Crippen LogP contribution is -2.37. The van der Waals surface area contributed by atoms with Crippen molar-refractivity contribution in [1.82, 2.24) is 15.1 Å². The fraction of sp³-hybridized carbons (Fsp3) is 0.857. The van der Waals surface area contributed by atoms with E-state index >= 15 is 0 Å². The number of guanidine groups is 1. The molecule has 0 radical (unpaired) electrons. The molecule has 118 valence electrons. The lowest BCUT2D eigenvalue weighted by Gasteiger charge is -2.10. The summed E-state index contributed by atoms with van der Waals surface area (Å²) in [5.41, 5.74) is 5.86. The SMILES string of the molecule is CCC(=NCCCN(C)C)NC(N)=NCCCN(C)C. The van der Waals surface area contributed by atoms with E-state index in [4.69, 9.17) is 5.73 Å². The van der Waals surface area contributed by atoms with Crippen LogP contribution in [0.4, 0.5) is 0 Å². The molecule has 6 heteroatoms. The van der Waals surface area contributed by atoms with Crippen LogP contribution < -0.4 is 11.1 Å². The molecule has 6 nitrogen and oxygen atoms in total. The van der Waals surface area contributed by atoms with Crippen LogP contribution in [-0.2, 0) is 0 Å². The highest BCUT2D eigenvalue weighted by Gasteiger charge is 1.98. The summed E-state index contributed by atoms with van der Waals surface area (Å²) >= 11 is 0. The van der Waals surface area contributed by atoms with Gasteiger partial charge in [0.05, 0.1) is 0 Å². The summed E-state index contributed by atoms with van der Waals surface area (Å²) in [4.78, 5) is 13.1. The van der Waals surface area contributed by atoms with Gasteiger partial charge in [-0.25, -0.2) is 0 Å². The number of nitrogens with zero attached hydrogens (tertiary/aromatic N) is 4. The Kier molecular flexibility index (Phi) is 11.0. The lowest BCUT2D eigenvalue weighted by molar-refractivity contribution is 0.403. The zero-order chi connectivity index (χ0) is 15.4. The molecule has 0 aliphatic rings. The molecule has 0 aliphatic carbocycles. The predicted octanol–water partition coefficient (Wildman–Crippen LogP) is 0.603. The van der Waals surface area contributed by atoms with Gasteiger partial charge < -0.3 is 20.9 Å². The maximum atomic E-state index is 5.86. The summed E-state index contributed by atoms with van der Waals surface area (Å²) in [7, 11) is 8.25. The highest BCUT2D eigenvalue weighted by molar-refractivity contribution is 5.98. The Hall–Kier alpha value is -1.14. The van der Waals surface area contributed by atoms with E-state index in [1.807, 2.05) is 0 Å². The molecule has 0 saturated carbocycles. The van der Waals surface area contributed by atoms with Crippen molar-refractivity contribution in [2.75, 3.05) is 54.4 Å².